The molecule has 0 unspecified atom stereocenters. The lowest BCUT2D eigenvalue weighted by molar-refractivity contribution is 0.669. The molecule has 1 aromatic carbocycles. The molecular formula is C21H25N5. The summed E-state index contributed by atoms with van der Waals surface area (Å²) in [6, 6.07) is 16.8. The molecule has 0 aliphatic rings. The molecule has 0 aliphatic carbocycles. The zero-order chi connectivity index (χ0) is 18.4. The molecule has 3 aromatic rings. The first-order valence-electron chi connectivity index (χ1n) is 8.91. The maximum Gasteiger partial charge on any atom is 0.134 e. The Labute approximate surface area is 155 Å². The van der Waals surface area contributed by atoms with Crippen LogP contribution >= 0.6 is 0 Å². The van der Waals surface area contributed by atoms with Crippen LogP contribution < -0.4 is 10.2 Å². The highest BCUT2D eigenvalue weighted by Gasteiger charge is 2.14. The SMILES string of the molecule is Cc1nc(NCc2ccncc2)cc(N(Cc2ccccc2)C(C)C)n1. The summed E-state index contributed by atoms with van der Waals surface area (Å²) >= 11 is 0. The standard InChI is InChI=1S/C21H25N5/c1-16(2)26(15-19-7-5-4-6-8-19)21-13-20(24-17(3)25-21)23-14-18-9-11-22-12-10-18/h4-13,16H,14-15H2,1-3H3,(H,23,24,25). The molecule has 2 aromatic heterocycles. The van der Waals surface area contributed by atoms with Gasteiger partial charge < -0.3 is 10.2 Å². The van der Waals surface area contributed by atoms with Gasteiger partial charge in [-0.15, -0.1) is 0 Å². The van der Waals surface area contributed by atoms with Crippen LogP contribution in [-0.4, -0.2) is 21.0 Å². The number of aryl methyl sites for hydroxylation is 1. The van der Waals surface area contributed by atoms with Crippen LogP contribution in [0.2, 0.25) is 0 Å². The van der Waals surface area contributed by atoms with Crippen molar-refractivity contribution in [3.05, 3.63) is 77.9 Å². The number of hydrogen-bond acceptors (Lipinski definition) is 5. The van der Waals surface area contributed by atoms with Gasteiger partial charge in [-0.2, -0.15) is 0 Å². The second kappa shape index (κ2) is 8.43. The second-order valence-corrected chi connectivity index (χ2v) is 6.57. The molecule has 0 aliphatic heterocycles. The third kappa shape index (κ3) is 4.79. The van der Waals surface area contributed by atoms with Gasteiger partial charge in [0.15, 0.2) is 0 Å². The minimum Gasteiger partial charge on any atom is -0.366 e. The van der Waals surface area contributed by atoms with Gasteiger partial charge in [0.25, 0.3) is 0 Å². The van der Waals surface area contributed by atoms with E-state index in [4.69, 9.17) is 0 Å². The second-order valence-electron chi connectivity index (χ2n) is 6.57. The molecule has 0 atom stereocenters. The summed E-state index contributed by atoms with van der Waals surface area (Å²) in [6.07, 6.45) is 3.60. The molecular weight excluding hydrogens is 322 g/mol. The van der Waals surface area contributed by atoms with Gasteiger partial charge in [0.2, 0.25) is 0 Å². The summed E-state index contributed by atoms with van der Waals surface area (Å²) in [5.41, 5.74) is 2.44. The first kappa shape index (κ1) is 17.9. The van der Waals surface area contributed by atoms with E-state index in [9.17, 15) is 0 Å². The van der Waals surface area contributed by atoms with Crippen molar-refractivity contribution in [2.75, 3.05) is 10.2 Å². The number of pyridine rings is 1. The monoisotopic (exact) mass is 347 g/mol. The summed E-state index contributed by atoms with van der Waals surface area (Å²) in [4.78, 5) is 15.5. The van der Waals surface area contributed by atoms with Gasteiger partial charge in [-0.25, -0.2) is 9.97 Å². The summed E-state index contributed by atoms with van der Waals surface area (Å²) in [5, 5.41) is 3.39. The van der Waals surface area contributed by atoms with E-state index >= 15 is 0 Å². The number of hydrogen-bond donors (Lipinski definition) is 1. The Morgan fingerprint density at radius 2 is 1.69 bits per heavy atom. The number of aromatic nitrogens is 3. The van der Waals surface area contributed by atoms with Crippen molar-refractivity contribution in [3.63, 3.8) is 0 Å². The molecule has 0 spiro atoms. The molecule has 0 fully saturated rings. The lowest BCUT2D eigenvalue weighted by Gasteiger charge is -2.28. The molecule has 0 bridgehead atoms. The minimum atomic E-state index is 0.331. The van der Waals surface area contributed by atoms with Crippen LogP contribution in [0.5, 0.6) is 0 Å². The molecule has 2 heterocycles. The molecule has 0 radical (unpaired) electrons. The molecule has 26 heavy (non-hydrogen) atoms. The van der Waals surface area contributed by atoms with E-state index < -0.39 is 0 Å². The summed E-state index contributed by atoms with van der Waals surface area (Å²) in [7, 11) is 0. The van der Waals surface area contributed by atoms with E-state index in [1.165, 1.54) is 11.1 Å². The predicted molar refractivity (Wildman–Crippen MR) is 106 cm³/mol. The smallest absolute Gasteiger partial charge is 0.134 e. The van der Waals surface area contributed by atoms with E-state index in [1.807, 2.05) is 31.2 Å². The third-order valence-electron chi connectivity index (χ3n) is 4.16. The molecule has 5 nitrogen and oxygen atoms in total. The van der Waals surface area contributed by atoms with Gasteiger partial charge in [0.1, 0.15) is 17.5 Å². The number of anilines is 2. The quantitative estimate of drug-likeness (QED) is 0.694. The Bertz CT molecular complexity index is 818. The largest absolute Gasteiger partial charge is 0.366 e. The summed E-state index contributed by atoms with van der Waals surface area (Å²) in [5.74, 6) is 2.54. The molecule has 3 rings (SSSR count). The van der Waals surface area contributed by atoms with E-state index in [0.717, 1.165) is 24.0 Å². The van der Waals surface area contributed by atoms with Crippen molar-refractivity contribution in [2.24, 2.45) is 0 Å². The van der Waals surface area contributed by atoms with Gasteiger partial charge in [0, 0.05) is 37.6 Å². The average Bonchev–Trinajstić information content (AvgIpc) is 2.65. The van der Waals surface area contributed by atoms with Crippen molar-refractivity contribution in [3.8, 4) is 0 Å². The first-order chi connectivity index (χ1) is 12.6. The van der Waals surface area contributed by atoms with Crippen molar-refractivity contribution in [1.82, 2.24) is 15.0 Å². The Morgan fingerprint density at radius 3 is 2.38 bits per heavy atom. The molecule has 0 saturated heterocycles. The topological polar surface area (TPSA) is 53.9 Å². The Kier molecular flexibility index (Phi) is 5.79. The van der Waals surface area contributed by atoms with Crippen LogP contribution in [0.4, 0.5) is 11.6 Å². The van der Waals surface area contributed by atoms with Crippen molar-refractivity contribution in [1.29, 1.82) is 0 Å². The Hall–Kier alpha value is -2.95. The molecule has 1 N–H and O–H groups in total. The highest BCUT2D eigenvalue weighted by atomic mass is 15.2. The van der Waals surface area contributed by atoms with Crippen molar-refractivity contribution < 1.29 is 0 Å². The van der Waals surface area contributed by atoms with Crippen LogP contribution in [0.1, 0.15) is 30.8 Å². The van der Waals surface area contributed by atoms with Crippen LogP contribution in [0.3, 0.4) is 0 Å². The van der Waals surface area contributed by atoms with E-state index in [1.54, 1.807) is 12.4 Å². The van der Waals surface area contributed by atoms with E-state index in [2.05, 4.69) is 63.3 Å². The molecule has 0 saturated carbocycles. The maximum atomic E-state index is 4.67. The van der Waals surface area contributed by atoms with Gasteiger partial charge in [-0.3, -0.25) is 4.98 Å². The lowest BCUT2D eigenvalue weighted by atomic mass is 10.2. The fraction of sp³-hybridized carbons (Fsp3) is 0.286. The molecule has 134 valence electrons. The van der Waals surface area contributed by atoms with Crippen molar-refractivity contribution >= 4 is 11.6 Å². The van der Waals surface area contributed by atoms with E-state index in [-0.39, 0.29) is 0 Å². The van der Waals surface area contributed by atoms with Crippen molar-refractivity contribution in [2.45, 2.75) is 39.9 Å². The lowest BCUT2D eigenvalue weighted by Crippen LogP contribution is -2.31. The van der Waals surface area contributed by atoms with Gasteiger partial charge in [0.05, 0.1) is 0 Å². The predicted octanol–water partition coefficient (Wildman–Crippen LogP) is 4.21. The minimum absolute atomic E-state index is 0.331. The number of benzene rings is 1. The Balaban J connectivity index is 1.80. The normalized spacial score (nSPS) is 10.8. The average molecular weight is 347 g/mol. The van der Waals surface area contributed by atoms with Crippen LogP contribution in [0, 0.1) is 6.92 Å². The zero-order valence-corrected chi connectivity index (χ0v) is 15.6. The highest BCUT2D eigenvalue weighted by Crippen LogP contribution is 2.21. The molecule has 0 amide bonds. The van der Waals surface area contributed by atoms with Gasteiger partial charge >= 0.3 is 0 Å². The fourth-order valence-corrected chi connectivity index (χ4v) is 2.79. The summed E-state index contributed by atoms with van der Waals surface area (Å²) < 4.78 is 0. The number of rotatable bonds is 7. The third-order valence-corrected chi connectivity index (χ3v) is 4.16. The van der Waals surface area contributed by atoms with Crippen LogP contribution in [-0.2, 0) is 13.1 Å². The fourth-order valence-electron chi connectivity index (χ4n) is 2.79. The Morgan fingerprint density at radius 1 is 0.962 bits per heavy atom. The summed E-state index contributed by atoms with van der Waals surface area (Å²) in [6.45, 7) is 7.83. The van der Waals surface area contributed by atoms with Gasteiger partial charge in [-0.05, 0) is 44.0 Å². The maximum absolute atomic E-state index is 4.67. The van der Waals surface area contributed by atoms with Gasteiger partial charge in [-0.1, -0.05) is 30.3 Å². The van der Waals surface area contributed by atoms with Crippen LogP contribution in [0.15, 0.2) is 60.9 Å². The highest BCUT2D eigenvalue weighted by molar-refractivity contribution is 5.50. The van der Waals surface area contributed by atoms with Crippen LogP contribution in [0.25, 0.3) is 0 Å². The zero-order valence-electron chi connectivity index (χ0n) is 15.6. The molecule has 5 heteroatoms. The van der Waals surface area contributed by atoms with E-state index in [0.29, 0.717) is 12.6 Å². The number of nitrogens with zero attached hydrogens (tertiary/aromatic N) is 4. The first-order valence-corrected chi connectivity index (χ1v) is 8.91. The number of nitrogens with one attached hydrogen (secondary N) is 1.